The molecule has 0 heterocycles. The molecule has 62 valence electrons. The maximum absolute atomic E-state index is 5.64. The lowest BCUT2D eigenvalue weighted by atomic mass is 9.86. The average molecular weight is 143 g/mol. The third-order valence-electron chi connectivity index (χ3n) is 2.54. The Kier molecular flexibility index (Phi) is 5.70. The minimum absolute atomic E-state index is 0.759. The van der Waals surface area contributed by atoms with Crippen LogP contribution in [0.5, 0.6) is 0 Å². The van der Waals surface area contributed by atoms with E-state index in [4.69, 9.17) is 5.73 Å². The molecule has 0 rings (SSSR count). The predicted octanol–water partition coefficient (Wildman–Crippen LogP) is 2.41. The fraction of sp³-hybridized carbons (Fsp3) is 1.00. The SMILES string of the molecule is CCC(CC)C(CC)CN. The van der Waals surface area contributed by atoms with Crippen LogP contribution in [0.15, 0.2) is 0 Å². The molecule has 0 aromatic carbocycles. The molecule has 0 aliphatic heterocycles. The van der Waals surface area contributed by atoms with Gasteiger partial charge < -0.3 is 5.73 Å². The molecule has 0 aliphatic rings. The van der Waals surface area contributed by atoms with E-state index in [1.165, 1.54) is 19.3 Å². The second-order valence-electron chi connectivity index (χ2n) is 2.98. The smallest absolute Gasteiger partial charge is 0.00463 e. The van der Waals surface area contributed by atoms with Crippen molar-refractivity contribution in [2.75, 3.05) is 6.54 Å². The predicted molar refractivity (Wildman–Crippen MR) is 46.9 cm³/mol. The van der Waals surface area contributed by atoms with Gasteiger partial charge in [0.2, 0.25) is 0 Å². The highest BCUT2D eigenvalue weighted by Crippen LogP contribution is 2.20. The maximum Gasteiger partial charge on any atom is -0.00463 e. The summed E-state index contributed by atoms with van der Waals surface area (Å²) in [5, 5.41) is 0. The van der Waals surface area contributed by atoms with Crippen molar-refractivity contribution in [1.29, 1.82) is 0 Å². The van der Waals surface area contributed by atoms with Crippen molar-refractivity contribution in [3.05, 3.63) is 0 Å². The average Bonchev–Trinajstić information content (AvgIpc) is 2.00. The summed E-state index contributed by atoms with van der Waals surface area (Å²) in [5.74, 6) is 1.62. The molecule has 2 N–H and O–H groups in total. The van der Waals surface area contributed by atoms with Crippen molar-refractivity contribution < 1.29 is 0 Å². The molecule has 10 heavy (non-hydrogen) atoms. The fourth-order valence-electron chi connectivity index (χ4n) is 1.65. The van der Waals surface area contributed by atoms with Crippen LogP contribution in [0.1, 0.15) is 40.0 Å². The highest BCUT2D eigenvalue weighted by atomic mass is 14.6. The van der Waals surface area contributed by atoms with Crippen LogP contribution >= 0.6 is 0 Å². The van der Waals surface area contributed by atoms with Gasteiger partial charge in [0.05, 0.1) is 0 Å². The summed E-state index contributed by atoms with van der Waals surface area (Å²) in [6.45, 7) is 7.61. The largest absolute Gasteiger partial charge is 0.330 e. The molecule has 0 spiro atoms. The first-order chi connectivity index (χ1) is 4.79. The summed E-state index contributed by atoms with van der Waals surface area (Å²) >= 11 is 0. The monoisotopic (exact) mass is 143 g/mol. The Balaban J connectivity index is 3.70. The van der Waals surface area contributed by atoms with E-state index in [1.807, 2.05) is 0 Å². The molecule has 0 bridgehead atoms. The molecule has 0 radical (unpaired) electrons. The molecule has 1 heteroatoms. The summed E-state index contributed by atoms with van der Waals surface area (Å²) in [7, 11) is 0. The first-order valence-corrected chi connectivity index (χ1v) is 4.50. The van der Waals surface area contributed by atoms with Crippen LogP contribution in [0.4, 0.5) is 0 Å². The summed E-state index contributed by atoms with van der Waals surface area (Å²) in [5.41, 5.74) is 5.64. The van der Waals surface area contributed by atoms with Crippen molar-refractivity contribution in [3.63, 3.8) is 0 Å². The highest BCUT2D eigenvalue weighted by Gasteiger charge is 2.13. The molecule has 0 saturated heterocycles. The summed E-state index contributed by atoms with van der Waals surface area (Å²) in [4.78, 5) is 0. The van der Waals surface area contributed by atoms with Gasteiger partial charge in [0, 0.05) is 0 Å². The van der Waals surface area contributed by atoms with Crippen LogP contribution in [0.25, 0.3) is 0 Å². The van der Waals surface area contributed by atoms with Crippen molar-refractivity contribution >= 4 is 0 Å². The van der Waals surface area contributed by atoms with Crippen molar-refractivity contribution in [2.45, 2.75) is 40.0 Å². The molecule has 0 aliphatic carbocycles. The molecular formula is C9H21N. The van der Waals surface area contributed by atoms with E-state index >= 15 is 0 Å². The van der Waals surface area contributed by atoms with Gasteiger partial charge in [-0.1, -0.05) is 40.0 Å². The van der Waals surface area contributed by atoms with Gasteiger partial charge in [-0.3, -0.25) is 0 Å². The summed E-state index contributed by atoms with van der Waals surface area (Å²) in [6.07, 6.45) is 3.81. The Morgan fingerprint density at radius 3 is 1.40 bits per heavy atom. The fourth-order valence-corrected chi connectivity index (χ4v) is 1.65. The standard InChI is InChI=1S/C9H21N/c1-4-8(5-2)9(6-3)7-10/h8-9H,4-7,10H2,1-3H3. The zero-order chi connectivity index (χ0) is 7.98. The Hall–Kier alpha value is -0.0400. The van der Waals surface area contributed by atoms with Crippen molar-refractivity contribution in [2.24, 2.45) is 17.6 Å². The van der Waals surface area contributed by atoms with E-state index in [9.17, 15) is 0 Å². The number of rotatable bonds is 5. The van der Waals surface area contributed by atoms with Crippen LogP contribution in [-0.4, -0.2) is 6.54 Å². The first kappa shape index (κ1) is 9.96. The Morgan fingerprint density at radius 1 is 0.900 bits per heavy atom. The number of hydrogen-bond donors (Lipinski definition) is 1. The molecule has 0 saturated carbocycles. The topological polar surface area (TPSA) is 26.0 Å². The van der Waals surface area contributed by atoms with Crippen LogP contribution in [0.2, 0.25) is 0 Å². The van der Waals surface area contributed by atoms with E-state index in [2.05, 4.69) is 20.8 Å². The van der Waals surface area contributed by atoms with E-state index in [0.717, 1.165) is 18.4 Å². The Morgan fingerprint density at radius 2 is 1.30 bits per heavy atom. The van der Waals surface area contributed by atoms with Crippen molar-refractivity contribution in [3.8, 4) is 0 Å². The van der Waals surface area contributed by atoms with E-state index in [1.54, 1.807) is 0 Å². The molecule has 0 aromatic heterocycles. The van der Waals surface area contributed by atoms with Gasteiger partial charge in [0.25, 0.3) is 0 Å². The van der Waals surface area contributed by atoms with E-state index in [0.29, 0.717) is 0 Å². The zero-order valence-electron chi connectivity index (χ0n) is 7.56. The third kappa shape index (κ3) is 2.70. The van der Waals surface area contributed by atoms with Gasteiger partial charge >= 0.3 is 0 Å². The normalized spacial score (nSPS) is 14.1. The van der Waals surface area contributed by atoms with Gasteiger partial charge in [0.1, 0.15) is 0 Å². The molecule has 0 fully saturated rings. The van der Waals surface area contributed by atoms with E-state index in [-0.39, 0.29) is 0 Å². The third-order valence-corrected chi connectivity index (χ3v) is 2.54. The van der Waals surface area contributed by atoms with Crippen LogP contribution in [0.3, 0.4) is 0 Å². The maximum atomic E-state index is 5.64. The van der Waals surface area contributed by atoms with Crippen molar-refractivity contribution in [1.82, 2.24) is 0 Å². The Bertz CT molecular complexity index is 53.1. The lowest BCUT2D eigenvalue weighted by Gasteiger charge is -2.21. The number of hydrogen-bond acceptors (Lipinski definition) is 1. The summed E-state index contributed by atoms with van der Waals surface area (Å²) in [6, 6.07) is 0. The van der Waals surface area contributed by atoms with Gasteiger partial charge in [0.15, 0.2) is 0 Å². The van der Waals surface area contributed by atoms with Gasteiger partial charge in [-0.15, -0.1) is 0 Å². The lowest BCUT2D eigenvalue weighted by molar-refractivity contribution is 0.311. The van der Waals surface area contributed by atoms with Crippen LogP contribution in [-0.2, 0) is 0 Å². The second-order valence-corrected chi connectivity index (χ2v) is 2.98. The van der Waals surface area contributed by atoms with Crippen LogP contribution < -0.4 is 5.73 Å². The van der Waals surface area contributed by atoms with Gasteiger partial charge in [-0.05, 0) is 18.4 Å². The highest BCUT2D eigenvalue weighted by molar-refractivity contribution is 4.66. The molecular weight excluding hydrogens is 122 g/mol. The van der Waals surface area contributed by atoms with Gasteiger partial charge in [-0.2, -0.15) is 0 Å². The molecule has 1 nitrogen and oxygen atoms in total. The minimum atomic E-state index is 0.759. The molecule has 1 atom stereocenters. The second kappa shape index (κ2) is 5.72. The van der Waals surface area contributed by atoms with Gasteiger partial charge in [-0.25, -0.2) is 0 Å². The Labute approximate surface area is 65.0 Å². The number of nitrogens with two attached hydrogens (primary N) is 1. The van der Waals surface area contributed by atoms with Crippen LogP contribution in [0, 0.1) is 11.8 Å². The van der Waals surface area contributed by atoms with E-state index < -0.39 is 0 Å². The molecule has 1 unspecified atom stereocenters. The summed E-state index contributed by atoms with van der Waals surface area (Å²) < 4.78 is 0. The first-order valence-electron chi connectivity index (χ1n) is 4.50. The molecule has 0 amide bonds. The lowest BCUT2D eigenvalue weighted by Crippen LogP contribution is -2.21. The molecule has 0 aromatic rings. The zero-order valence-corrected chi connectivity index (χ0v) is 7.56. The quantitative estimate of drug-likeness (QED) is 0.628. The minimum Gasteiger partial charge on any atom is -0.330 e.